The van der Waals surface area contributed by atoms with Gasteiger partial charge in [0.25, 0.3) is 0 Å². The van der Waals surface area contributed by atoms with Crippen molar-refractivity contribution in [3.05, 3.63) is 63.6 Å². The second-order valence-corrected chi connectivity index (χ2v) is 5.51. The maximum atomic E-state index is 5.95. The number of benzene rings is 2. The lowest BCUT2D eigenvalue weighted by molar-refractivity contribution is 0.319. The first-order chi connectivity index (χ1) is 9.04. The molecule has 0 aromatic heterocycles. The van der Waals surface area contributed by atoms with E-state index in [1.807, 2.05) is 36.4 Å². The summed E-state index contributed by atoms with van der Waals surface area (Å²) in [5, 5.41) is 1.43. The Bertz CT molecular complexity index is 553. The van der Waals surface area contributed by atoms with Crippen LogP contribution in [0.2, 0.25) is 10.0 Å². The minimum absolute atomic E-state index is 0.668. The lowest BCUT2D eigenvalue weighted by atomic mass is 10.1. The number of hydrogen-bond donors (Lipinski definition) is 1. The van der Waals surface area contributed by atoms with Crippen LogP contribution in [0, 0.1) is 0 Å². The zero-order valence-electron chi connectivity index (χ0n) is 10.7. The first kappa shape index (κ1) is 14.2. The van der Waals surface area contributed by atoms with Crippen molar-refractivity contribution in [2.75, 3.05) is 12.8 Å². The molecular weight excluding hydrogens is 279 g/mol. The molecule has 0 spiro atoms. The highest BCUT2D eigenvalue weighted by molar-refractivity contribution is 6.31. The van der Waals surface area contributed by atoms with E-state index in [9.17, 15) is 0 Å². The topological polar surface area (TPSA) is 29.3 Å². The van der Waals surface area contributed by atoms with Crippen molar-refractivity contribution in [3.63, 3.8) is 0 Å². The molecule has 0 saturated carbocycles. The molecule has 0 amide bonds. The number of nitrogens with two attached hydrogens (primary N) is 1. The van der Waals surface area contributed by atoms with E-state index in [4.69, 9.17) is 28.9 Å². The summed E-state index contributed by atoms with van der Waals surface area (Å²) in [6, 6.07) is 13.5. The predicted octanol–water partition coefficient (Wildman–Crippen LogP) is 4.21. The first-order valence-corrected chi connectivity index (χ1v) is 6.77. The Morgan fingerprint density at radius 1 is 0.947 bits per heavy atom. The normalized spacial score (nSPS) is 10.9. The summed E-state index contributed by atoms with van der Waals surface area (Å²) in [5.41, 5.74) is 8.99. The second kappa shape index (κ2) is 6.29. The quantitative estimate of drug-likeness (QED) is 0.856. The Balaban J connectivity index is 2.01. The summed E-state index contributed by atoms with van der Waals surface area (Å²) < 4.78 is 0. The lowest BCUT2D eigenvalue weighted by Gasteiger charge is -2.18. The van der Waals surface area contributed by atoms with Gasteiger partial charge in [0.05, 0.1) is 0 Å². The zero-order valence-corrected chi connectivity index (χ0v) is 12.2. The highest BCUT2D eigenvalue weighted by Crippen LogP contribution is 2.20. The van der Waals surface area contributed by atoms with Gasteiger partial charge < -0.3 is 5.73 Å². The number of anilines is 1. The van der Waals surface area contributed by atoms with Gasteiger partial charge >= 0.3 is 0 Å². The van der Waals surface area contributed by atoms with Crippen LogP contribution in [0.3, 0.4) is 0 Å². The van der Waals surface area contributed by atoms with Crippen LogP contribution < -0.4 is 5.73 Å². The molecule has 0 saturated heterocycles. The Morgan fingerprint density at radius 3 is 2.21 bits per heavy atom. The van der Waals surface area contributed by atoms with Gasteiger partial charge in [-0.25, -0.2) is 0 Å². The van der Waals surface area contributed by atoms with Crippen molar-refractivity contribution in [3.8, 4) is 0 Å². The van der Waals surface area contributed by atoms with Gasteiger partial charge in [-0.1, -0.05) is 41.4 Å². The number of rotatable bonds is 4. The number of hydrogen-bond acceptors (Lipinski definition) is 2. The summed E-state index contributed by atoms with van der Waals surface area (Å²) in [5.74, 6) is 0. The molecule has 0 aliphatic rings. The maximum Gasteiger partial charge on any atom is 0.0426 e. The molecule has 0 radical (unpaired) electrons. The predicted molar refractivity (Wildman–Crippen MR) is 82.5 cm³/mol. The number of nitrogens with zero attached hydrogens (tertiary/aromatic N) is 1. The molecule has 2 N–H and O–H groups in total. The molecule has 0 fully saturated rings. The van der Waals surface area contributed by atoms with Gasteiger partial charge in [0.2, 0.25) is 0 Å². The van der Waals surface area contributed by atoms with Crippen LogP contribution in [0.4, 0.5) is 5.69 Å². The van der Waals surface area contributed by atoms with Gasteiger partial charge in [-0.3, -0.25) is 4.90 Å². The standard InChI is InChI=1S/C15H16Cl2N2/c1-19(9-11-2-5-13(16)6-3-11)10-12-4-7-14(17)8-15(12)18/h2-8H,9-10,18H2,1H3. The summed E-state index contributed by atoms with van der Waals surface area (Å²) in [6.07, 6.45) is 0. The van der Waals surface area contributed by atoms with E-state index in [2.05, 4.69) is 11.9 Å². The fraction of sp³-hybridized carbons (Fsp3) is 0.200. The Labute approximate surface area is 123 Å². The molecule has 0 heterocycles. The zero-order chi connectivity index (χ0) is 13.8. The van der Waals surface area contributed by atoms with E-state index in [0.717, 1.165) is 29.4 Å². The van der Waals surface area contributed by atoms with Crippen molar-refractivity contribution in [1.29, 1.82) is 0 Å². The smallest absolute Gasteiger partial charge is 0.0426 e. The van der Waals surface area contributed by atoms with Crippen LogP contribution in [0.15, 0.2) is 42.5 Å². The van der Waals surface area contributed by atoms with Crippen LogP contribution in [-0.2, 0) is 13.1 Å². The first-order valence-electron chi connectivity index (χ1n) is 6.01. The molecule has 0 bridgehead atoms. The van der Waals surface area contributed by atoms with Crippen molar-refractivity contribution in [2.24, 2.45) is 0 Å². The van der Waals surface area contributed by atoms with E-state index in [0.29, 0.717) is 5.02 Å². The molecule has 4 heteroatoms. The van der Waals surface area contributed by atoms with E-state index in [1.54, 1.807) is 6.07 Å². The van der Waals surface area contributed by atoms with Gasteiger partial charge in [-0.2, -0.15) is 0 Å². The van der Waals surface area contributed by atoms with Crippen molar-refractivity contribution >= 4 is 28.9 Å². The van der Waals surface area contributed by atoms with Crippen LogP contribution in [0.5, 0.6) is 0 Å². The Morgan fingerprint density at radius 2 is 1.58 bits per heavy atom. The van der Waals surface area contributed by atoms with E-state index >= 15 is 0 Å². The van der Waals surface area contributed by atoms with Crippen LogP contribution in [-0.4, -0.2) is 11.9 Å². The van der Waals surface area contributed by atoms with Gasteiger partial charge in [0.15, 0.2) is 0 Å². The van der Waals surface area contributed by atoms with Crippen molar-refractivity contribution in [1.82, 2.24) is 4.90 Å². The molecular formula is C15H16Cl2N2. The molecule has 0 aliphatic heterocycles. The molecule has 0 unspecified atom stereocenters. The summed E-state index contributed by atoms with van der Waals surface area (Å²) in [7, 11) is 2.06. The molecule has 2 rings (SSSR count). The number of nitrogen functional groups attached to an aromatic ring is 1. The fourth-order valence-electron chi connectivity index (χ4n) is 1.96. The minimum Gasteiger partial charge on any atom is -0.398 e. The average molecular weight is 295 g/mol. The third kappa shape index (κ3) is 4.13. The average Bonchev–Trinajstić information content (AvgIpc) is 2.36. The SMILES string of the molecule is CN(Cc1ccc(Cl)cc1)Cc1ccc(Cl)cc1N. The maximum absolute atomic E-state index is 5.95. The third-order valence-electron chi connectivity index (χ3n) is 2.91. The van der Waals surface area contributed by atoms with Gasteiger partial charge in [-0.05, 0) is 42.4 Å². The van der Waals surface area contributed by atoms with E-state index in [1.165, 1.54) is 5.56 Å². The molecule has 19 heavy (non-hydrogen) atoms. The minimum atomic E-state index is 0.668. The molecule has 2 nitrogen and oxygen atoms in total. The lowest BCUT2D eigenvalue weighted by Crippen LogP contribution is -2.18. The molecule has 2 aromatic rings. The molecule has 2 aromatic carbocycles. The third-order valence-corrected chi connectivity index (χ3v) is 3.40. The van der Waals surface area contributed by atoms with Gasteiger partial charge in [-0.15, -0.1) is 0 Å². The van der Waals surface area contributed by atoms with Crippen molar-refractivity contribution in [2.45, 2.75) is 13.1 Å². The summed E-state index contributed by atoms with van der Waals surface area (Å²) in [4.78, 5) is 2.20. The monoisotopic (exact) mass is 294 g/mol. The van der Waals surface area contributed by atoms with Crippen LogP contribution in [0.25, 0.3) is 0 Å². The summed E-state index contributed by atoms with van der Waals surface area (Å²) >= 11 is 11.8. The van der Waals surface area contributed by atoms with E-state index < -0.39 is 0 Å². The Kier molecular flexibility index (Phi) is 4.70. The van der Waals surface area contributed by atoms with Crippen molar-refractivity contribution < 1.29 is 0 Å². The highest BCUT2D eigenvalue weighted by atomic mass is 35.5. The number of halogens is 2. The Hall–Kier alpha value is -1.22. The molecule has 0 atom stereocenters. The largest absolute Gasteiger partial charge is 0.398 e. The van der Waals surface area contributed by atoms with Gasteiger partial charge in [0, 0.05) is 28.8 Å². The second-order valence-electron chi connectivity index (χ2n) is 4.64. The van der Waals surface area contributed by atoms with E-state index in [-0.39, 0.29) is 0 Å². The summed E-state index contributed by atoms with van der Waals surface area (Å²) in [6.45, 7) is 1.63. The highest BCUT2D eigenvalue weighted by Gasteiger charge is 2.05. The molecule has 100 valence electrons. The van der Waals surface area contributed by atoms with Crippen LogP contribution >= 0.6 is 23.2 Å². The van der Waals surface area contributed by atoms with Crippen LogP contribution in [0.1, 0.15) is 11.1 Å². The fourth-order valence-corrected chi connectivity index (χ4v) is 2.26. The van der Waals surface area contributed by atoms with Gasteiger partial charge in [0.1, 0.15) is 0 Å². The molecule has 0 aliphatic carbocycles.